The Morgan fingerprint density at radius 2 is 1.69 bits per heavy atom. The van der Waals surface area contributed by atoms with E-state index in [0.717, 1.165) is 33.3 Å². The number of nitrogens with zero attached hydrogens (tertiary/aromatic N) is 2. The van der Waals surface area contributed by atoms with Crippen molar-refractivity contribution in [3.63, 3.8) is 0 Å². The van der Waals surface area contributed by atoms with E-state index in [1.807, 2.05) is 74.5 Å². The van der Waals surface area contributed by atoms with Gasteiger partial charge in [0.15, 0.2) is 5.82 Å². The molecule has 4 rings (SSSR count). The largest absolute Gasteiger partial charge is 0.364 e. The summed E-state index contributed by atoms with van der Waals surface area (Å²) < 4.78 is 0. The molecule has 0 spiro atoms. The summed E-state index contributed by atoms with van der Waals surface area (Å²) in [5.41, 5.74) is 4.43. The Balaban J connectivity index is 1.63. The number of aryl methyl sites for hydroxylation is 2. The smallest absolute Gasteiger partial charge is 0.255 e. The van der Waals surface area contributed by atoms with E-state index in [9.17, 15) is 4.79 Å². The van der Waals surface area contributed by atoms with E-state index in [1.165, 1.54) is 0 Å². The Kier molecular flexibility index (Phi) is 5.20. The Bertz CT molecular complexity index is 1170. The second-order valence-electron chi connectivity index (χ2n) is 7.06. The van der Waals surface area contributed by atoms with Crippen LogP contribution in [0.25, 0.3) is 10.8 Å². The second kappa shape index (κ2) is 8.10. The van der Waals surface area contributed by atoms with Crippen LogP contribution in [0, 0.1) is 13.8 Å². The second-order valence-corrected chi connectivity index (χ2v) is 7.06. The molecule has 5 nitrogen and oxygen atoms in total. The lowest BCUT2D eigenvalue weighted by atomic mass is 10.1. The normalized spacial score (nSPS) is 10.7. The molecule has 0 saturated carbocycles. The Morgan fingerprint density at radius 1 is 0.862 bits per heavy atom. The number of carbonyl (C=O) groups excluding carboxylic acids is 1. The van der Waals surface area contributed by atoms with Crippen molar-refractivity contribution in [1.29, 1.82) is 0 Å². The van der Waals surface area contributed by atoms with E-state index < -0.39 is 0 Å². The molecular formula is C24H22N4O. The third kappa shape index (κ3) is 4.24. The first-order valence-corrected chi connectivity index (χ1v) is 9.53. The minimum Gasteiger partial charge on any atom is -0.364 e. The zero-order chi connectivity index (χ0) is 20.2. The molecule has 1 aromatic heterocycles. The maximum absolute atomic E-state index is 12.8. The van der Waals surface area contributed by atoms with Gasteiger partial charge in [0.25, 0.3) is 5.91 Å². The lowest BCUT2D eigenvalue weighted by molar-refractivity contribution is 0.102. The Labute approximate surface area is 169 Å². The van der Waals surface area contributed by atoms with E-state index in [-0.39, 0.29) is 5.91 Å². The van der Waals surface area contributed by atoms with Crippen LogP contribution in [-0.2, 0) is 6.54 Å². The number of aromatic nitrogens is 2. The third-order valence-corrected chi connectivity index (χ3v) is 4.81. The van der Waals surface area contributed by atoms with Crippen molar-refractivity contribution in [2.24, 2.45) is 0 Å². The van der Waals surface area contributed by atoms with Crippen molar-refractivity contribution in [3.8, 4) is 0 Å². The molecule has 0 aliphatic carbocycles. The predicted octanol–water partition coefficient (Wildman–Crippen LogP) is 5.11. The molecule has 144 valence electrons. The lowest BCUT2D eigenvalue weighted by Crippen LogP contribution is -2.12. The van der Waals surface area contributed by atoms with Crippen LogP contribution in [0.1, 0.15) is 27.2 Å². The molecule has 0 atom stereocenters. The van der Waals surface area contributed by atoms with Crippen molar-refractivity contribution in [3.05, 3.63) is 95.2 Å². The summed E-state index contributed by atoms with van der Waals surface area (Å²) in [7, 11) is 0. The van der Waals surface area contributed by atoms with E-state index >= 15 is 0 Å². The molecule has 0 aliphatic heterocycles. The molecule has 2 N–H and O–H groups in total. The van der Waals surface area contributed by atoms with Crippen LogP contribution >= 0.6 is 0 Å². The maximum atomic E-state index is 12.8. The SMILES string of the molecule is Cc1cccc(NC(=O)c2ccc3c(C)nnc(NCc4ccccc4)c3c2)c1. The highest BCUT2D eigenvalue weighted by Crippen LogP contribution is 2.25. The first kappa shape index (κ1) is 18.6. The van der Waals surface area contributed by atoms with Crippen LogP contribution in [0.3, 0.4) is 0 Å². The number of hydrogen-bond acceptors (Lipinski definition) is 4. The quantitative estimate of drug-likeness (QED) is 0.503. The molecule has 5 heteroatoms. The van der Waals surface area contributed by atoms with Crippen molar-refractivity contribution in [1.82, 2.24) is 10.2 Å². The number of hydrogen-bond donors (Lipinski definition) is 2. The molecule has 0 fully saturated rings. The first-order chi connectivity index (χ1) is 14.1. The van der Waals surface area contributed by atoms with Crippen LogP contribution in [0.2, 0.25) is 0 Å². The third-order valence-electron chi connectivity index (χ3n) is 4.81. The van der Waals surface area contributed by atoms with E-state index in [2.05, 4.69) is 33.0 Å². The fraction of sp³-hybridized carbons (Fsp3) is 0.125. The molecule has 1 amide bonds. The van der Waals surface area contributed by atoms with Crippen LogP contribution in [0.15, 0.2) is 72.8 Å². The van der Waals surface area contributed by atoms with Gasteiger partial charge in [-0.3, -0.25) is 4.79 Å². The summed E-state index contributed by atoms with van der Waals surface area (Å²) in [6.45, 7) is 4.55. The molecule has 4 aromatic rings. The summed E-state index contributed by atoms with van der Waals surface area (Å²) in [6.07, 6.45) is 0. The van der Waals surface area contributed by atoms with Gasteiger partial charge in [0.2, 0.25) is 0 Å². The van der Waals surface area contributed by atoms with Crippen LogP contribution in [0.5, 0.6) is 0 Å². The molecule has 1 heterocycles. The average molecular weight is 382 g/mol. The van der Waals surface area contributed by atoms with E-state index in [0.29, 0.717) is 17.9 Å². The maximum Gasteiger partial charge on any atom is 0.255 e. The zero-order valence-corrected chi connectivity index (χ0v) is 16.4. The highest BCUT2D eigenvalue weighted by molar-refractivity contribution is 6.07. The zero-order valence-electron chi connectivity index (χ0n) is 16.4. The van der Waals surface area contributed by atoms with Crippen molar-refractivity contribution in [2.75, 3.05) is 10.6 Å². The van der Waals surface area contributed by atoms with Gasteiger partial charge in [-0.2, -0.15) is 5.10 Å². The molecule has 0 saturated heterocycles. The number of anilines is 2. The Hall–Kier alpha value is -3.73. The van der Waals surface area contributed by atoms with Crippen LogP contribution < -0.4 is 10.6 Å². The highest BCUT2D eigenvalue weighted by atomic mass is 16.1. The summed E-state index contributed by atoms with van der Waals surface area (Å²) in [6, 6.07) is 23.5. The fourth-order valence-corrected chi connectivity index (χ4v) is 3.27. The van der Waals surface area contributed by atoms with Gasteiger partial charge in [-0.25, -0.2) is 0 Å². The van der Waals surface area contributed by atoms with Gasteiger partial charge in [0.1, 0.15) is 0 Å². The Morgan fingerprint density at radius 3 is 2.48 bits per heavy atom. The van der Waals surface area contributed by atoms with Gasteiger partial charge in [0.05, 0.1) is 5.69 Å². The van der Waals surface area contributed by atoms with Gasteiger partial charge in [-0.05, 0) is 49.2 Å². The molecule has 3 aromatic carbocycles. The molecule has 0 radical (unpaired) electrons. The molecular weight excluding hydrogens is 360 g/mol. The number of carbonyl (C=O) groups is 1. The fourth-order valence-electron chi connectivity index (χ4n) is 3.27. The summed E-state index contributed by atoms with van der Waals surface area (Å²) in [4.78, 5) is 12.8. The van der Waals surface area contributed by atoms with Crippen molar-refractivity contribution < 1.29 is 4.79 Å². The highest BCUT2D eigenvalue weighted by Gasteiger charge is 2.12. The number of nitrogens with one attached hydrogen (secondary N) is 2. The molecule has 0 bridgehead atoms. The number of fused-ring (bicyclic) bond motifs is 1. The van der Waals surface area contributed by atoms with Crippen LogP contribution in [-0.4, -0.2) is 16.1 Å². The minimum absolute atomic E-state index is 0.152. The average Bonchev–Trinajstić information content (AvgIpc) is 2.74. The standard InChI is InChI=1S/C24H22N4O/c1-16-7-6-10-20(13-16)26-24(29)19-11-12-21-17(2)27-28-23(22(21)14-19)25-15-18-8-4-3-5-9-18/h3-14H,15H2,1-2H3,(H,25,28)(H,26,29). The predicted molar refractivity (Wildman–Crippen MR) is 117 cm³/mol. The van der Waals surface area contributed by atoms with Gasteiger partial charge < -0.3 is 10.6 Å². The van der Waals surface area contributed by atoms with E-state index in [4.69, 9.17) is 0 Å². The van der Waals surface area contributed by atoms with Crippen LogP contribution in [0.4, 0.5) is 11.5 Å². The summed E-state index contributed by atoms with van der Waals surface area (Å²) in [5, 5.41) is 16.7. The molecule has 0 unspecified atom stereocenters. The number of amides is 1. The number of benzene rings is 3. The minimum atomic E-state index is -0.152. The topological polar surface area (TPSA) is 66.9 Å². The van der Waals surface area contributed by atoms with Crippen molar-refractivity contribution >= 4 is 28.2 Å². The lowest BCUT2D eigenvalue weighted by Gasteiger charge is -2.11. The van der Waals surface area contributed by atoms with Gasteiger partial charge in [-0.15, -0.1) is 5.10 Å². The first-order valence-electron chi connectivity index (χ1n) is 9.53. The molecule has 0 aliphatic rings. The molecule has 29 heavy (non-hydrogen) atoms. The number of rotatable bonds is 5. The van der Waals surface area contributed by atoms with Gasteiger partial charge in [0, 0.05) is 28.6 Å². The summed E-state index contributed by atoms with van der Waals surface area (Å²) >= 11 is 0. The van der Waals surface area contributed by atoms with Gasteiger partial charge in [-0.1, -0.05) is 48.5 Å². The summed E-state index contributed by atoms with van der Waals surface area (Å²) in [5.74, 6) is 0.514. The van der Waals surface area contributed by atoms with E-state index in [1.54, 1.807) is 0 Å². The monoisotopic (exact) mass is 382 g/mol. The van der Waals surface area contributed by atoms with Crippen molar-refractivity contribution in [2.45, 2.75) is 20.4 Å². The van der Waals surface area contributed by atoms with Gasteiger partial charge >= 0.3 is 0 Å².